The SMILES string of the molecule is CC1CCC(NS(=O)(=O)C(C)(C)C)(C(N)=NO)CC1. The summed E-state index contributed by atoms with van der Waals surface area (Å²) in [6.45, 7) is 7.00. The van der Waals surface area contributed by atoms with Gasteiger partial charge in [0.1, 0.15) is 0 Å². The van der Waals surface area contributed by atoms with Crippen molar-refractivity contribution in [1.82, 2.24) is 4.72 Å². The Morgan fingerprint density at radius 1 is 1.37 bits per heavy atom. The topological polar surface area (TPSA) is 105 Å². The van der Waals surface area contributed by atoms with Gasteiger partial charge in [-0.1, -0.05) is 12.1 Å². The van der Waals surface area contributed by atoms with Crippen molar-refractivity contribution < 1.29 is 13.6 Å². The Kier molecular flexibility index (Phi) is 4.51. The zero-order chi connectivity index (χ0) is 14.9. The van der Waals surface area contributed by atoms with Crippen molar-refractivity contribution in [3.63, 3.8) is 0 Å². The molecule has 0 amide bonds. The minimum atomic E-state index is -3.55. The van der Waals surface area contributed by atoms with Gasteiger partial charge in [0, 0.05) is 0 Å². The number of sulfonamides is 1. The van der Waals surface area contributed by atoms with E-state index in [4.69, 9.17) is 10.9 Å². The fourth-order valence-electron chi connectivity index (χ4n) is 2.17. The summed E-state index contributed by atoms with van der Waals surface area (Å²) in [5, 5.41) is 12.0. The van der Waals surface area contributed by atoms with Crippen molar-refractivity contribution >= 4 is 15.9 Å². The number of rotatable bonds is 3. The van der Waals surface area contributed by atoms with Gasteiger partial charge in [-0.05, 0) is 52.4 Å². The molecule has 0 aromatic heterocycles. The molecule has 0 saturated heterocycles. The van der Waals surface area contributed by atoms with E-state index in [0.717, 1.165) is 12.8 Å². The van der Waals surface area contributed by atoms with E-state index < -0.39 is 20.3 Å². The zero-order valence-electron chi connectivity index (χ0n) is 12.1. The van der Waals surface area contributed by atoms with Crippen LogP contribution in [0.3, 0.4) is 0 Å². The normalized spacial score (nSPS) is 30.3. The van der Waals surface area contributed by atoms with Gasteiger partial charge in [-0.2, -0.15) is 0 Å². The predicted molar refractivity (Wildman–Crippen MR) is 75.6 cm³/mol. The maximum absolute atomic E-state index is 12.3. The van der Waals surface area contributed by atoms with Crippen LogP contribution in [0.2, 0.25) is 0 Å². The lowest BCUT2D eigenvalue weighted by atomic mass is 9.77. The molecule has 0 aliphatic heterocycles. The Hall–Kier alpha value is -0.820. The van der Waals surface area contributed by atoms with Gasteiger partial charge in [0.25, 0.3) is 0 Å². The molecule has 0 spiro atoms. The summed E-state index contributed by atoms with van der Waals surface area (Å²) >= 11 is 0. The molecule has 0 aromatic carbocycles. The second-order valence-corrected chi connectivity index (χ2v) is 8.90. The number of oxime groups is 1. The Morgan fingerprint density at radius 2 is 1.84 bits per heavy atom. The first-order chi connectivity index (χ1) is 8.54. The van der Waals surface area contributed by atoms with E-state index >= 15 is 0 Å². The van der Waals surface area contributed by atoms with Crippen LogP contribution in [0.5, 0.6) is 0 Å². The van der Waals surface area contributed by atoms with Gasteiger partial charge >= 0.3 is 0 Å². The number of amidine groups is 1. The second kappa shape index (κ2) is 5.28. The van der Waals surface area contributed by atoms with E-state index in [2.05, 4.69) is 16.8 Å². The summed E-state index contributed by atoms with van der Waals surface area (Å²) < 4.78 is 26.4. The van der Waals surface area contributed by atoms with E-state index in [1.54, 1.807) is 20.8 Å². The first kappa shape index (κ1) is 16.2. The van der Waals surface area contributed by atoms with Gasteiger partial charge in [0.05, 0.1) is 10.3 Å². The summed E-state index contributed by atoms with van der Waals surface area (Å²) in [7, 11) is -3.55. The molecule has 4 N–H and O–H groups in total. The van der Waals surface area contributed by atoms with Crippen molar-refractivity contribution in [3.05, 3.63) is 0 Å². The molecule has 0 unspecified atom stereocenters. The average Bonchev–Trinajstić information content (AvgIpc) is 2.29. The third kappa shape index (κ3) is 3.39. The van der Waals surface area contributed by atoms with Gasteiger partial charge < -0.3 is 10.9 Å². The highest BCUT2D eigenvalue weighted by Gasteiger charge is 2.44. The summed E-state index contributed by atoms with van der Waals surface area (Å²) in [5.41, 5.74) is 4.80. The average molecular weight is 291 g/mol. The Morgan fingerprint density at radius 3 is 2.21 bits per heavy atom. The number of nitrogens with zero attached hydrogens (tertiary/aromatic N) is 1. The lowest BCUT2D eigenvalue weighted by Crippen LogP contribution is -2.61. The van der Waals surface area contributed by atoms with Crippen LogP contribution < -0.4 is 10.5 Å². The molecule has 1 aliphatic rings. The molecule has 6 nitrogen and oxygen atoms in total. The first-order valence-electron chi connectivity index (χ1n) is 6.55. The lowest BCUT2D eigenvalue weighted by Gasteiger charge is -2.40. The zero-order valence-corrected chi connectivity index (χ0v) is 12.9. The van der Waals surface area contributed by atoms with Crippen LogP contribution in [0.25, 0.3) is 0 Å². The van der Waals surface area contributed by atoms with E-state index in [1.165, 1.54) is 0 Å². The Bertz CT molecular complexity index is 443. The van der Waals surface area contributed by atoms with Crippen LogP contribution in [0.15, 0.2) is 5.16 Å². The minimum absolute atomic E-state index is 0.0489. The maximum Gasteiger partial charge on any atom is 0.217 e. The second-order valence-electron chi connectivity index (χ2n) is 6.47. The van der Waals surface area contributed by atoms with Gasteiger partial charge in [-0.15, -0.1) is 0 Å². The van der Waals surface area contributed by atoms with E-state index in [9.17, 15) is 8.42 Å². The number of nitrogens with one attached hydrogen (secondary N) is 1. The summed E-state index contributed by atoms with van der Waals surface area (Å²) in [6.07, 6.45) is 2.81. The molecule has 0 atom stereocenters. The van der Waals surface area contributed by atoms with Gasteiger partial charge in [0.2, 0.25) is 10.0 Å². The molecule has 0 heterocycles. The molecule has 1 aliphatic carbocycles. The van der Waals surface area contributed by atoms with Crippen molar-refractivity contribution in [2.24, 2.45) is 16.8 Å². The lowest BCUT2D eigenvalue weighted by molar-refractivity contribution is 0.265. The summed E-state index contributed by atoms with van der Waals surface area (Å²) in [4.78, 5) is 0. The van der Waals surface area contributed by atoms with Crippen molar-refractivity contribution in [3.8, 4) is 0 Å². The summed E-state index contributed by atoms with van der Waals surface area (Å²) in [6, 6.07) is 0. The van der Waals surface area contributed by atoms with Gasteiger partial charge in [-0.25, -0.2) is 13.1 Å². The first-order valence-corrected chi connectivity index (χ1v) is 8.04. The van der Waals surface area contributed by atoms with Crippen LogP contribution in [-0.4, -0.2) is 29.7 Å². The van der Waals surface area contributed by atoms with Crippen molar-refractivity contribution in [2.45, 2.75) is 63.7 Å². The molecule has 0 aromatic rings. The quantitative estimate of drug-likeness (QED) is 0.316. The number of hydrogen-bond acceptors (Lipinski definition) is 4. The molecule has 7 heteroatoms. The van der Waals surface area contributed by atoms with Crippen LogP contribution in [0.1, 0.15) is 53.4 Å². The van der Waals surface area contributed by atoms with Crippen molar-refractivity contribution in [1.29, 1.82) is 0 Å². The van der Waals surface area contributed by atoms with Crippen LogP contribution >= 0.6 is 0 Å². The molecule has 19 heavy (non-hydrogen) atoms. The fraction of sp³-hybridized carbons (Fsp3) is 0.917. The van der Waals surface area contributed by atoms with E-state index in [-0.39, 0.29) is 5.84 Å². The third-order valence-electron chi connectivity index (χ3n) is 3.86. The number of hydrogen-bond donors (Lipinski definition) is 3. The van der Waals surface area contributed by atoms with Crippen LogP contribution in [0, 0.1) is 5.92 Å². The minimum Gasteiger partial charge on any atom is -0.409 e. The van der Waals surface area contributed by atoms with Gasteiger partial charge in [0.15, 0.2) is 5.84 Å². The van der Waals surface area contributed by atoms with Crippen LogP contribution in [-0.2, 0) is 10.0 Å². The molecule has 1 saturated carbocycles. The molecule has 0 bridgehead atoms. The highest BCUT2D eigenvalue weighted by atomic mass is 32.2. The molecular formula is C12H25N3O3S. The molecule has 112 valence electrons. The fourth-order valence-corrected chi connectivity index (χ4v) is 3.30. The Labute approximate surface area is 115 Å². The molecule has 1 fully saturated rings. The largest absolute Gasteiger partial charge is 0.409 e. The van der Waals surface area contributed by atoms with Crippen molar-refractivity contribution in [2.75, 3.05) is 0 Å². The molecule has 1 rings (SSSR count). The monoisotopic (exact) mass is 291 g/mol. The predicted octanol–water partition coefficient (Wildman–Crippen LogP) is 1.40. The highest BCUT2D eigenvalue weighted by molar-refractivity contribution is 7.90. The van der Waals surface area contributed by atoms with E-state index in [0.29, 0.717) is 18.8 Å². The number of nitrogens with two attached hydrogens (primary N) is 1. The van der Waals surface area contributed by atoms with Crippen LogP contribution in [0.4, 0.5) is 0 Å². The van der Waals surface area contributed by atoms with E-state index in [1.807, 2.05) is 0 Å². The highest BCUT2D eigenvalue weighted by Crippen LogP contribution is 2.34. The molecule has 0 radical (unpaired) electrons. The molecular weight excluding hydrogens is 266 g/mol. The smallest absolute Gasteiger partial charge is 0.217 e. The Balaban J connectivity index is 3.08. The standard InChI is InChI=1S/C12H25N3O3S/c1-9-5-7-12(8-6-9,10(13)14-16)15-19(17,18)11(2,3)4/h9,15-16H,5-8H2,1-4H3,(H2,13,14). The maximum atomic E-state index is 12.3. The summed E-state index contributed by atoms with van der Waals surface area (Å²) in [5.74, 6) is 0.478. The third-order valence-corrected chi connectivity index (χ3v) is 6.13. The van der Waals surface area contributed by atoms with Gasteiger partial charge in [-0.3, -0.25) is 0 Å².